The second-order valence-electron chi connectivity index (χ2n) is 5.43. The van der Waals surface area contributed by atoms with Gasteiger partial charge in [-0.05, 0) is 18.4 Å². The molecule has 0 saturated carbocycles. The molecule has 0 aliphatic heterocycles. The fourth-order valence-corrected chi connectivity index (χ4v) is 2.68. The molecule has 0 aromatic carbocycles. The first-order valence-corrected chi connectivity index (χ1v) is 6.97. The molecule has 2 heterocycles. The number of alkyl halides is 1. The fraction of sp³-hybridized carbons (Fsp3) is 0.538. The van der Waals surface area contributed by atoms with E-state index in [0.717, 1.165) is 22.3 Å². The summed E-state index contributed by atoms with van der Waals surface area (Å²) in [6, 6.07) is 2.15. The van der Waals surface area contributed by atoms with Gasteiger partial charge in [0.1, 0.15) is 11.2 Å². The summed E-state index contributed by atoms with van der Waals surface area (Å²) < 4.78 is 0. The maximum absolute atomic E-state index is 6.44. The van der Waals surface area contributed by atoms with Crippen LogP contribution in [0.25, 0.3) is 10.2 Å². The largest absolute Gasteiger partial charge is 0.241 e. The molecule has 0 amide bonds. The number of aromatic nitrogens is 2. The van der Waals surface area contributed by atoms with E-state index in [9.17, 15) is 0 Å². The minimum absolute atomic E-state index is 0.0841. The Hall–Kier alpha value is -0.670. The zero-order valence-corrected chi connectivity index (χ0v) is 12.2. The van der Waals surface area contributed by atoms with Crippen LogP contribution in [0.3, 0.4) is 0 Å². The van der Waals surface area contributed by atoms with Gasteiger partial charge in [-0.25, -0.2) is 9.97 Å². The van der Waals surface area contributed by atoms with Crippen molar-refractivity contribution in [3.8, 4) is 0 Å². The highest BCUT2D eigenvalue weighted by molar-refractivity contribution is 7.18. The maximum atomic E-state index is 6.44. The average molecular weight is 269 g/mol. The molecule has 0 aliphatic carbocycles. The van der Waals surface area contributed by atoms with Gasteiger partial charge in [-0.2, -0.15) is 0 Å². The first kappa shape index (κ1) is 12.8. The predicted molar refractivity (Wildman–Crippen MR) is 75.0 cm³/mol. The molecular formula is C13H17ClN2S. The summed E-state index contributed by atoms with van der Waals surface area (Å²) in [6.45, 7) is 8.56. The zero-order chi connectivity index (χ0) is 12.6. The SMILES string of the molecule is Cc1cc2c(CC(Cl)C(C)(C)C)ncnc2s1. The molecule has 4 heteroatoms. The van der Waals surface area contributed by atoms with E-state index >= 15 is 0 Å². The normalized spacial score (nSPS) is 14.2. The molecule has 0 bridgehead atoms. The molecule has 0 spiro atoms. The standard InChI is InChI=1S/C13H17ClN2S/c1-8-5-9-10(6-11(14)13(2,3)4)15-7-16-12(9)17-8/h5,7,11H,6H2,1-4H3. The number of halogens is 1. The molecule has 1 atom stereocenters. The van der Waals surface area contributed by atoms with Crippen LogP contribution in [0.2, 0.25) is 0 Å². The number of hydrogen-bond acceptors (Lipinski definition) is 3. The van der Waals surface area contributed by atoms with Crippen LogP contribution in [0.5, 0.6) is 0 Å². The highest BCUT2D eigenvalue weighted by Gasteiger charge is 2.24. The van der Waals surface area contributed by atoms with Crippen LogP contribution in [0, 0.1) is 12.3 Å². The molecule has 2 aromatic rings. The molecule has 2 nitrogen and oxygen atoms in total. The van der Waals surface area contributed by atoms with Crippen LogP contribution < -0.4 is 0 Å². The first-order chi connectivity index (χ1) is 7.88. The van der Waals surface area contributed by atoms with E-state index in [2.05, 4.69) is 43.7 Å². The summed E-state index contributed by atoms with van der Waals surface area (Å²) in [5, 5.41) is 1.24. The van der Waals surface area contributed by atoms with Gasteiger partial charge in [0.05, 0.1) is 5.69 Å². The van der Waals surface area contributed by atoms with Crippen LogP contribution in [0.4, 0.5) is 0 Å². The van der Waals surface area contributed by atoms with Crippen molar-refractivity contribution in [2.75, 3.05) is 0 Å². The molecule has 0 radical (unpaired) electrons. The number of nitrogens with zero attached hydrogens (tertiary/aromatic N) is 2. The minimum Gasteiger partial charge on any atom is -0.241 e. The highest BCUT2D eigenvalue weighted by atomic mass is 35.5. The number of hydrogen-bond donors (Lipinski definition) is 0. The summed E-state index contributed by atoms with van der Waals surface area (Å²) >= 11 is 8.15. The van der Waals surface area contributed by atoms with Crippen molar-refractivity contribution in [2.45, 2.75) is 39.5 Å². The van der Waals surface area contributed by atoms with Crippen molar-refractivity contribution in [3.05, 3.63) is 23.0 Å². The van der Waals surface area contributed by atoms with Crippen molar-refractivity contribution in [3.63, 3.8) is 0 Å². The van der Waals surface area contributed by atoms with Crippen LogP contribution in [0.15, 0.2) is 12.4 Å². The number of fused-ring (bicyclic) bond motifs is 1. The van der Waals surface area contributed by atoms with Gasteiger partial charge in [-0.15, -0.1) is 22.9 Å². The van der Waals surface area contributed by atoms with Gasteiger partial charge >= 0.3 is 0 Å². The Morgan fingerprint density at radius 3 is 2.71 bits per heavy atom. The molecular weight excluding hydrogens is 252 g/mol. The van der Waals surface area contributed by atoms with Gasteiger partial charge in [-0.1, -0.05) is 20.8 Å². The van der Waals surface area contributed by atoms with E-state index in [-0.39, 0.29) is 10.8 Å². The smallest absolute Gasteiger partial charge is 0.127 e. The van der Waals surface area contributed by atoms with Crippen molar-refractivity contribution in [2.24, 2.45) is 5.41 Å². The lowest BCUT2D eigenvalue weighted by atomic mass is 9.89. The van der Waals surface area contributed by atoms with Gasteiger partial charge in [0.15, 0.2) is 0 Å². The molecule has 0 N–H and O–H groups in total. The zero-order valence-electron chi connectivity index (χ0n) is 10.6. The molecule has 92 valence electrons. The van der Waals surface area contributed by atoms with Gasteiger partial charge in [-0.3, -0.25) is 0 Å². The third-order valence-electron chi connectivity index (χ3n) is 2.85. The van der Waals surface area contributed by atoms with Gasteiger partial charge in [0.25, 0.3) is 0 Å². The maximum Gasteiger partial charge on any atom is 0.127 e. The average Bonchev–Trinajstić information content (AvgIpc) is 2.58. The van der Waals surface area contributed by atoms with Crippen LogP contribution in [-0.2, 0) is 6.42 Å². The lowest BCUT2D eigenvalue weighted by Crippen LogP contribution is -2.23. The Bertz CT molecular complexity index is 528. The lowest BCUT2D eigenvalue weighted by molar-refractivity contribution is 0.385. The lowest BCUT2D eigenvalue weighted by Gasteiger charge is -2.24. The highest BCUT2D eigenvalue weighted by Crippen LogP contribution is 2.30. The monoisotopic (exact) mass is 268 g/mol. The molecule has 0 saturated heterocycles. The molecule has 0 aliphatic rings. The Balaban J connectivity index is 2.36. The first-order valence-electron chi connectivity index (χ1n) is 5.72. The van der Waals surface area contributed by atoms with Gasteiger partial charge < -0.3 is 0 Å². The summed E-state index contributed by atoms with van der Waals surface area (Å²) in [6.07, 6.45) is 2.43. The summed E-state index contributed by atoms with van der Waals surface area (Å²) in [5.74, 6) is 0. The molecule has 2 aromatic heterocycles. The summed E-state index contributed by atoms with van der Waals surface area (Å²) in [5.41, 5.74) is 1.15. The number of rotatable bonds is 2. The Morgan fingerprint density at radius 1 is 1.35 bits per heavy atom. The Morgan fingerprint density at radius 2 is 2.06 bits per heavy atom. The van der Waals surface area contributed by atoms with Crippen LogP contribution in [-0.4, -0.2) is 15.3 Å². The van der Waals surface area contributed by atoms with E-state index < -0.39 is 0 Å². The van der Waals surface area contributed by atoms with E-state index in [1.165, 1.54) is 4.88 Å². The van der Waals surface area contributed by atoms with Crippen molar-refractivity contribution < 1.29 is 0 Å². The van der Waals surface area contributed by atoms with Gasteiger partial charge in [0.2, 0.25) is 0 Å². The predicted octanol–water partition coefficient (Wildman–Crippen LogP) is 4.20. The van der Waals surface area contributed by atoms with Gasteiger partial charge in [0, 0.05) is 22.1 Å². The Kier molecular flexibility index (Phi) is 3.41. The van der Waals surface area contributed by atoms with E-state index in [4.69, 9.17) is 11.6 Å². The van der Waals surface area contributed by atoms with E-state index in [1.54, 1.807) is 17.7 Å². The summed E-state index contributed by atoms with van der Waals surface area (Å²) in [4.78, 5) is 11.0. The molecule has 2 rings (SSSR count). The third-order valence-corrected chi connectivity index (χ3v) is 4.61. The number of aryl methyl sites for hydroxylation is 1. The molecule has 0 fully saturated rings. The van der Waals surface area contributed by atoms with Crippen molar-refractivity contribution in [1.82, 2.24) is 9.97 Å². The number of thiophene rings is 1. The van der Waals surface area contributed by atoms with Crippen molar-refractivity contribution >= 4 is 33.2 Å². The van der Waals surface area contributed by atoms with Crippen LogP contribution in [0.1, 0.15) is 31.3 Å². The second-order valence-corrected chi connectivity index (χ2v) is 7.20. The minimum atomic E-state index is 0.0841. The van der Waals surface area contributed by atoms with Crippen molar-refractivity contribution in [1.29, 1.82) is 0 Å². The Labute approximate surface area is 111 Å². The quantitative estimate of drug-likeness (QED) is 0.763. The third kappa shape index (κ3) is 2.78. The molecule has 17 heavy (non-hydrogen) atoms. The van der Waals surface area contributed by atoms with E-state index in [1.807, 2.05) is 0 Å². The summed E-state index contributed by atoms with van der Waals surface area (Å²) in [7, 11) is 0. The fourth-order valence-electron chi connectivity index (χ4n) is 1.66. The molecule has 1 unspecified atom stereocenters. The topological polar surface area (TPSA) is 25.8 Å². The van der Waals surface area contributed by atoms with E-state index in [0.29, 0.717) is 0 Å². The second kappa shape index (κ2) is 4.54. The van der Waals surface area contributed by atoms with Crippen LogP contribution >= 0.6 is 22.9 Å².